The van der Waals surface area contributed by atoms with Crippen LogP contribution < -0.4 is 4.90 Å². The number of furan rings is 1. The monoisotopic (exact) mass is 911 g/mol. The largest absolute Gasteiger partial charge is 0.454 e. The zero-order valence-electron chi connectivity index (χ0n) is 41.1. The fourth-order valence-electron chi connectivity index (χ4n) is 12.7. The molecule has 0 radical (unpaired) electrons. The molecule has 0 unspecified atom stereocenters. The van der Waals surface area contributed by atoms with Crippen molar-refractivity contribution in [2.75, 3.05) is 4.90 Å². The number of hydrogen-bond acceptors (Lipinski definition) is 2. The van der Waals surface area contributed by atoms with Crippen molar-refractivity contribution >= 4 is 60.5 Å². The summed E-state index contributed by atoms with van der Waals surface area (Å²) >= 11 is 0. The van der Waals surface area contributed by atoms with Crippen LogP contribution in [0.3, 0.4) is 0 Å². The quantitative estimate of drug-likeness (QED) is 0.158. The molecule has 0 N–H and O–H groups in total. The Kier molecular flexibility index (Phi) is 9.80. The fraction of sp³-hybridized carbons (Fsp3) is 0.101. The molecule has 1 heterocycles. The van der Waals surface area contributed by atoms with Gasteiger partial charge in [-0.1, -0.05) is 169 Å². The van der Waals surface area contributed by atoms with E-state index in [0.717, 1.165) is 44.6 Å². The molecule has 0 aliphatic heterocycles. The highest BCUT2D eigenvalue weighted by atomic mass is 16.3. The number of hydrogen-bond donors (Lipinski definition) is 0. The van der Waals surface area contributed by atoms with Crippen molar-refractivity contribution in [3.63, 3.8) is 0 Å². The van der Waals surface area contributed by atoms with Crippen LogP contribution in [-0.4, -0.2) is 0 Å². The molecule has 0 atom stereocenters. The fourth-order valence-corrected chi connectivity index (χ4v) is 12.7. The van der Waals surface area contributed by atoms with Crippen molar-refractivity contribution in [1.82, 2.24) is 0 Å². The average Bonchev–Trinajstić information content (AvgIpc) is 3.90. The number of nitrogens with zero attached hydrogens (tertiary/aromatic N) is 1. The standard InChI is InChI=1S/C69H53NO/c1-42-34-44(3)66(45(4)35-42)69(67-46(5)36-43(2)37-47(67)6)62-19-11-9-16-58(62)59-33-32-57(41-63(59)69)70(64-20-13-18-61-60-17-10-12-21-65(60)71-68(61)64)56-30-28-49(29-31-56)51-24-25-54-40-55(27-26-53(54)39-51)52-23-22-48-14-7-8-15-50(48)38-52/h7-41H,1-6H3. The second-order valence-electron chi connectivity index (χ2n) is 20.0. The molecule has 11 aromatic carbocycles. The van der Waals surface area contributed by atoms with E-state index in [0.29, 0.717) is 0 Å². The molecule has 12 aromatic rings. The molecule has 1 aromatic heterocycles. The van der Waals surface area contributed by atoms with Crippen LogP contribution in [0.15, 0.2) is 217 Å². The lowest BCUT2D eigenvalue weighted by Gasteiger charge is -2.39. The van der Waals surface area contributed by atoms with Crippen molar-refractivity contribution in [1.29, 1.82) is 0 Å². The van der Waals surface area contributed by atoms with Crippen LogP contribution >= 0.6 is 0 Å². The SMILES string of the molecule is Cc1cc(C)c(C2(c3c(C)cc(C)cc3C)c3ccccc3-c3ccc(N(c4ccc(-c5ccc6cc(-c7ccc8ccccc8c7)ccc6c5)cc4)c4cccc5c4oc4ccccc45)cc32)c(C)c1. The molecule has 13 rings (SSSR count). The molecule has 0 fully saturated rings. The van der Waals surface area contributed by atoms with Crippen LogP contribution in [-0.2, 0) is 5.41 Å². The summed E-state index contributed by atoms with van der Waals surface area (Å²) in [4.78, 5) is 2.42. The minimum absolute atomic E-state index is 0.584. The summed E-state index contributed by atoms with van der Waals surface area (Å²) in [5, 5.41) is 7.16. The van der Waals surface area contributed by atoms with E-state index >= 15 is 0 Å². The van der Waals surface area contributed by atoms with Gasteiger partial charge in [-0.2, -0.15) is 0 Å². The molecule has 0 saturated heterocycles. The number of anilines is 3. The number of benzene rings is 11. The van der Waals surface area contributed by atoms with E-state index in [1.54, 1.807) is 0 Å². The second kappa shape index (κ2) is 16.3. The Morgan fingerprint density at radius 1 is 0.352 bits per heavy atom. The van der Waals surface area contributed by atoms with Crippen LogP contribution in [0.1, 0.15) is 55.6 Å². The van der Waals surface area contributed by atoms with Crippen molar-refractivity contribution in [3.8, 4) is 33.4 Å². The zero-order valence-corrected chi connectivity index (χ0v) is 41.1. The lowest BCUT2D eigenvalue weighted by molar-refractivity contribution is 0.669. The third kappa shape index (κ3) is 6.69. The van der Waals surface area contributed by atoms with E-state index in [4.69, 9.17) is 4.42 Å². The first-order valence-corrected chi connectivity index (χ1v) is 24.9. The molecule has 0 spiro atoms. The highest BCUT2D eigenvalue weighted by molar-refractivity contribution is 6.10. The van der Waals surface area contributed by atoms with Crippen molar-refractivity contribution in [2.45, 2.75) is 47.0 Å². The zero-order chi connectivity index (χ0) is 48.1. The van der Waals surface area contributed by atoms with E-state index in [1.165, 1.54) is 105 Å². The maximum absolute atomic E-state index is 6.86. The van der Waals surface area contributed by atoms with Crippen LogP contribution in [0.2, 0.25) is 0 Å². The highest BCUT2D eigenvalue weighted by Crippen LogP contribution is 2.60. The summed E-state index contributed by atoms with van der Waals surface area (Å²) < 4.78 is 6.86. The average molecular weight is 912 g/mol. The molecular formula is C69H53NO. The predicted molar refractivity (Wildman–Crippen MR) is 300 cm³/mol. The summed E-state index contributed by atoms with van der Waals surface area (Å²) in [6.45, 7) is 13.7. The summed E-state index contributed by atoms with van der Waals surface area (Å²) in [5.41, 5.74) is 24.7. The van der Waals surface area contributed by atoms with E-state index in [1.807, 2.05) is 0 Å². The molecule has 71 heavy (non-hydrogen) atoms. The number of para-hydroxylation sites is 2. The molecule has 340 valence electrons. The van der Waals surface area contributed by atoms with Gasteiger partial charge in [0.1, 0.15) is 5.58 Å². The third-order valence-corrected chi connectivity index (χ3v) is 15.4. The molecule has 0 amide bonds. The minimum atomic E-state index is -0.584. The van der Waals surface area contributed by atoms with Crippen molar-refractivity contribution < 1.29 is 4.42 Å². The predicted octanol–water partition coefficient (Wildman–Crippen LogP) is 18.9. The van der Waals surface area contributed by atoms with Gasteiger partial charge in [0.15, 0.2) is 5.58 Å². The first-order chi connectivity index (χ1) is 34.6. The van der Waals surface area contributed by atoms with Gasteiger partial charge in [-0.25, -0.2) is 0 Å². The van der Waals surface area contributed by atoms with Crippen LogP contribution in [0.5, 0.6) is 0 Å². The van der Waals surface area contributed by atoms with E-state index in [-0.39, 0.29) is 0 Å². The highest BCUT2D eigenvalue weighted by Gasteiger charge is 2.49. The van der Waals surface area contributed by atoms with E-state index in [9.17, 15) is 0 Å². The Balaban J connectivity index is 0.993. The van der Waals surface area contributed by atoms with Crippen molar-refractivity contribution in [2.24, 2.45) is 0 Å². The second-order valence-corrected chi connectivity index (χ2v) is 20.0. The molecule has 0 bridgehead atoms. The Hall–Kier alpha value is -8.46. The Morgan fingerprint density at radius 3 is 1.51 bits per heavy atom. The first-order valence-electron chi connectivity index (χ1n) is 24.9. The Bertz CT molecular complexity index is 4030. The lowest BCUT2D eigenvalue weighted by Crippen LogP contribution is -2.33. The van der Waals surface area contributed by atoms with Gasteiger partial charge in [-0.3, -0.25) is 0 Å². The van der Waals surface area contributed by atoms with Crippen molar-refractivity contribution in [3.05, 3.63) is 268 Å². The number of fused-ring (bicyclic) bond motifs is 8. The van der Waals surface area contributed by atoms with Crippen LogP contribution in [0, 0.1) is 41.5 Å². The van der Waals surface area contributed by atoms with Crippen LogP contribution in [0.4, 0.5) is 17.1 Å². The molecule has 1 aliphatic rings. The van der Waals surface area contributed by atoms with Gasteiger partial charge in [0.25, 0.3) is 0 Å². The van der Waals surface area contributed by atoms with Gasteiger partial charge in [-0.15, -0.1) is 0 Å². The van der Waals surface area contributed by atoms with Gasteiger partial charge in [0.05, 0.1) is 11.1 Å². The molecule has 2 heteroatoms. The minimum Gasteiger partial charge on any atom is -0.454 e. The van der Waals surface area contributed by atoms with Gasteiger partial charge >= 0.3 is 0 Å². The van der Waals surface area contributed by atoms with Gasteiger partial charge in [-0.05, 0) is 196 Å². The summed E-state index contributed by atoms with van der Waals surface area (Å²) in [6, 6.07) is 78.9. The van der Waals surface area contributed by atoms with Gasteiger partial charge < -0.3 is 9.32 Å². The lowest BCUT2D eigenvalue weighted by atomic mass is 9.63. The van der Waals surface area contributed by atoms with Gasteiger partial charge in [0.2, 0.25) is 0 Å². The van der Waals surface area contributed by atoms with Crippen LogP contribution in [0.25, 0.3) is 76.9 Å². The smallest absolute Gasteiger partial charge is 0.159 e. The molecule has 0 saturated carbocycles. The molecule has 1 aliphatic carbocycles. The Morgan fingerprint density at radius 2 is 0.845 bits per heavy atom. The summed E-state index contributed by atoms with van der Waals surface area (Å²) in [5.74, 6) is 0. The maximum atomic E-state index is 6.86. The Labute approximate surface area is 416 Å². The summed E-state index contributed by atoms with van der Waals surface area (Å²) in [6.07, 6.45) is 0. The third-order valence-electron chi connectivity index (χ3n) is 15.4. The maximum Gasteiger partial charge on any atom is 0.159 e. The van der Waals surface area contributed by atoms with E-state index < -0.39 is 5.41 Å². The normalized spacial score (nSPS) is 12.8. The topological polar surface area (TPSA) is 16.4 Å². The summed E-state index contributed by atoms with van der Waals surface area (Å²) in [7, 11) is 0. The first kappa shape index (κ1) is 42.6. The molecular weight excluding hydrogens is 859 g/mol. The van der Waals surface area contributed by atoms with E-state index in [2.05, 4.69) is 259 Å². The number of aryl methyl sites for hydroxylation is 6. The molecule has 2 nitrogen and oxygen atoms in total. The van der Waals surface area contributed by atoms with Gasteiger partial charge in [0, 0.05) is 22.1 Å². The number of rotatable bonds is 7.